The number of likely N-dealkylation sites (tertiary alicyclic amines) is 1. The Labute approximate surface area is 91.8 Å². The quantitative estimate of drug-likeness (QED) is 0.778. The van der Waals surface area contributed by atoms with Crippen molar-refractivity contribution in [2.75, 3.05) is 20.2 Å². The summed E-state index contributed by atoms with van der Waals surface area (Å²) in [6.07, 6.45) is 6.42. The third-order valence-corrected chi connectivity index (χ3v) is 3.03. The molecule has 1 aliphatic rings. The zero-order valence-electron chi connectivity index (χ0n) is 9.58. The SMILES string of the molecule is COC(=O)N1CCCCCC1CCCN. The number of carbonyl (C=O) groups excluding carboxylic acids is 1. The minimum absolute atomic E-state index is 0.182. The lowest BCUT2D eigenvalue weighted by atomic mass is 10.1. The molecule has 2 N–H and O–H groups in total. The highest BCUT2D eigenvalue weighted by atomic mass is 16.5. The molecule has 1 rings (SSSR count). The average molecular weight is 214 g/mol. The van der Waals surface area contributed by atoms with E-state index in [-0.39, 0.29) is 6.09 Å². The van der Waals surface area contributed by atoms with Gasteiger partial charge in [0.15, 0.2) is 0 Å². The molecule has 1 saturated heterocycles. The molecule has 0 bridgehead atoms. The highest BCUT2D eigenvalue weighted by Crippen LogP contribution is 2.20. The van der Waals surface area contributed by atoms with Crippen LogP contribution in [0.1, 0.15) is 38.5 Å². The largest absolute Gasteiger partial charge is 0.453 e. The Morgan fingerprint density at radius 3 is 2.93 bits per heavy atom. The molecular weight excluding hydrogens is 192 g/mol. The van der Waals surface area contributed by atoms with Crippen molar-refractivity contribution in [1.82, 2.24) is 4.90 Å². The summed E-state index contributed by atoms with van der Waals surface area (Å²) in [5.41, 5.74) is 5.50. The van der Waals surface area contributed by atoms with Crippen molar-refractivity contribution in [3.05, 3.63) is 0 Å². The molecule has 0 spiro atoms. The predicted octanol–water partition coefficient (Wildman–Crippen LogP) is 1.74. The van der Waals surface area contributed by atoms with Gasteiger partial charge in [0.05, 0.1) is 7.11 Å². The van der Waals surface area contributed by atoms with Gasteiger partial charge in [0, 0.05) is 12.6 Å². The van der Waals surface area contributed by atoms with Gasteiger partial charge in [-0.3, -0.25) is 0 Å². The van der Waals surface area contributed by atoms with Gasteiger partial charge in [-0.2, -0.15) is 0 Å². The van der Waals surface area contributed by atoms with Gasteiger partial charge < -0.3 is 15.4 Å². The maximum atomic E-state index is 11.6. The summed E-state index contributed by atoms with van der Waals surface area (Å²) < 4.78 is 4.81. The smallest absolute Gasteiger partial charge is 0.409 e. The topological polar surface area (TPSA) is 55.6 Å². The molecule has 4 heteroatoms. The number of rotatable bonds is 3. The maximum absolute atomic E-state index is 11.6. The first-order valence-electron chi connectivity index (χ1n) is 5.84. The molecule has 0 aromatic rings. The van der Waals surface area contributed by atoms with Crippen LogP contribution in [-0.4, -0.2) is 37.2 Å². The van der Waals surface area contributed by atoms with Gasteiger partial charge in [0.25, 0.3) is 0 Å². The minimum atomic E-state index is -0.182. The zero-order chi connectivity index (χ0) is 11.1. The number of hydrogen-bond acceptors (Lipinski definition) is 3. The molecule has 0 aromatic heterocycles. The molecule has 4 nitrogen and oxygen atoms in total. The lowest BCUT2D eigenvalue weighted by Crippen LogP contribution is -2.40. The molecule has 15 heavy (non-hydrogen) atoms. The van der Waals surface area contributed by atoms with Gasteiger partial charge in [-0.1, -0.05) is 12.8 Å². The number of hydrogen-bond donors (Lipinski definition) is 1. The number of amides is 1. The summed E-state index contributed by atoms with van der Waals surface area (Å²) in [5.74, 6) is 0. The molecule has 88 valence electrons. The molecule has 0 aliphatic carbocycles. The van der Waals surface area contributed by atoms with Gasteiger partial charge in [0.1, 0.15) is 0 Å². The normalized spacial score (nSPS) is 22.3. The highest BCUT2D eigenvalue weighted by molar-refractivity contribution is 5.67. The zero-order valence-corrected chi connectivity index (χ0v) is 9.58. The Balaban J connectivity index is 2.54. The van der Waals surface area contributed by atoms with Crippen molar-refractivity contribution in [3.8, 4) is 0 Å². The summed E-state index contributed by atoms with van der Waals surface area (Å²) in [4.78, 5) is 13.4. The molecule has 1 amide bonds. The van der Waals surface area contributed by atoms with E-state index < -0.39 is 0 Å². The molecular formula is C11H22N2O2. The van der Waals surface area contributed by atoms with Crippen molar-refractivity contribution >= 4 is 6.09 Å². The van der Waals surface area contributed by atoms with Crippen LogP contribution in [-0.2, 0) is 4.74 Å². The van der Waals surface area contributed by atoms with E-state index in [9.17, 15) is 4.79 Å². The van der Waals surface area contributed by atoms with E-state index in [1.165, 1.54) is 20.0 Å². The summed E-state index contributed by atoms with van der Waals surface area (Å²) >= 11 is 0. The number of methoxy groups -OCH3 is 1. The standard InChI is InChI=1S/C11H22N2O2/c1-15-11(14)13-9-4-2-3-6-10(13)7-5-8-12/h10H,2-9,12H2,1H3. The summed E-state index contributed by atoms with van der Waals surface area (Å²) in [7, 11) is 1.45. The van der Waals surface area contributed by atoms with Crippen LogP contribution in [0.25, 0.3) is 0 Å². The van der Waals surface area contributed by atoms with Crippen molar-refractivity contribution < 1.29 is 9.53 Å². The third kappa shape index (κ3) is 3.70. The van der Waals surface area contributed by atoms with Crippen molar-refractivity contribution in [2.24, 2.45) is 5.73 Å². The fourth-order valence-electron chi connectivity index (χ4n) is 2.19. The first-order valence-corrected chi connectivity index (χ1v) is 5.84. The van der Waals surface area contributed by atoms with E-state index in [4.69, 9.17) is 10.5 Å². The van der Waals surface area contributed by atoms with Crippen molar-refractivity contribution in [2.45, 2.75) is 44.6 Å². The van der Waals surface area contributed by atoms with E-state index in [0.717, 1.165) is 32.2 Å². The lowest BCUT2D eigenvalue weighted by molar-refractivity contribution is 0.103. The van der Waals surface area contributed by atoms with Crippen molar-refractivity contribution in [1.29, 1.82) is 0 Å². The number of ether oxygens (including phenoxy) is 1. The first-order chi connectivity index (χ1) is 7.29. The van der Waals surface area contributed by atoms with Crippen LogP contribution in [0, 0.1) is 0 Å². The van der Waals surface area contributed by atoms with Crippen LogP contribution in [0.2, 0.25) is 0 Å². The molecule has 0 saturated carbocycles. The molecule has 1 unspecified atom stereocenters. The van der Waals surface area contributed by atoms with Crippen LogP contribution in [0.3, 0.4) is 0 Å². The average Bonchev–Trinajstić information content (AvgIpc) is 2.50. The second-order valence-corrected chi connectivity index (χ2v) is 4.10. The van der Waals surface area contributed by atoms with Gasteiger partial charge >= 0.3 is 6.09 Å². The number of nitrogens with two attached hydrogens (primary N) is 1. The third-order valence-electron chi connectivity index (χ3n) is 3.03. The highest BCUT2D eigenvalue weighted by Gasteiger charge is 2.25. The van der Waals surface area contributed by atoms with Crippen molar-refractivity contribution in [3.63, 3.8) is 0 Å². The fraction of sp³-hybridized carbons (Fsp3) is 0.909. The Bertz CT molecular complexity index is 197. The van der Waals surface area contributed by atoms with Crippen LogP contribution < -0.4 is 5.73 Å². The van der Waals surface area contributed by atoms with Crippen LogP contribution >= 0.6 is 0 Å². The first kappa shape index (κ1) is 12.3. The molecule has 1 heterocycles. The van der Waals surface area contributed by atoms with E-state index >= 15 is 0 Å². The lowest BCUT2D eigenvalue weighted by Gasteiger charge is -2.28. The van der Waals surface area contributed by atoms with Gasteiger partial charge in [-0.05, 0) is 32.2 Å². The molecule has 0 aromatic carbocycles. The Morgan fingerprint density at radius 2 is 2.27 bits per heavy atom. The Kier molecular flexibility index (Phi) is 5.47. The Morgan fingerprint density at radius 1 is 1.47 bits per heavy atom. The summed E-state index contributed by atoms with van der Waals surface area (Å²) in [5, 5.41) is 0. The van der Waals surface area contributed by atoms with Gasteiger partial charge in [-0.15, -0.1) is 0 Å². The minimum Gasteiger partial charge on any atom is -0.453 e. The second kappa shape index (κ2) is 6.67. The molecule has 0 radical (unpaired) electrons. The Hall–Kier alpha value is -0.770. The van der Waals surface area contributed by atoms with E-state index in [1.54, 1.807) is 0 Å². The second-order valence-electron chi connectivity index (χ2n) is 4.10. The summed E-state index contributed by atoms with van der Waals surface area (Å²) in [6.45, 7) is 1.54. The molecule has 1 atom stereocenters. The number of nitrogens with zero attached hydrogens (tertiary/aromatic N) is 1. The van der Waals surface area contributed by atoms with E-state index in [0.29, 0.717) is 12.6 Å². The van der Waals surface area contributed by atoms with E-state index in [1.807, 2.05) is 4.90 Å². The van der Waals surface area contributed by atoms with Crippen LogP contribution in [0.5, 0.6) is 0 Å². The van der Waals surface area contributed by atoms with E-state index in [2.05, 4.69) is 0 Å². The summed E-state index contributed by atoms with van der Waals surface area (Å²) in [6, 6.07) is 0.337. The predicted molar refractivity (Wildman–Crippen MR) is 59.7 cm³/mol. The van der Waals surface area contributed by atoms with Crippen LogP contribution in [0.15, 0.2) is 0 Å². The van der Waals surface area contributed by atoms with Gasteiger partial charge in [-0.25, -0.2) is 4.79 Å². The molecule has 1 aliphatic heterocycles. The fourth-order valence-corrected chi connectivity index (χ4v) is 2.19. The molecule has 1 fully saturated rings. The van der Waals surface area contributed by atoms with Gasteiger partial charge in [0.2, 0.25) is 0 Å². The number of carbonyl (C=O) groups is 1. The maximum Gasteiger partial charge on any atom is 0.409 e. The monoisotopic (exact) mass is 214 g/mol. The van der Waals surface area contributed by atoms with Crippen LogP contribution in [0.4, 0.5) is 4.79 Å².